The Morgan fingerprint density at radius 1 is 1.32 bits per heavy atom. The summed E-state index contributed by atoms with van der Waals surface area (Å²) >= 11 is 1.65. The molecule has 22 heavy (non-hydrogen) atoms. The van der Waals surface area contributed by atoms with Crippen LogP contribution in [-0.4, -0.2) is 65.5 Å². The Morgan fingerprint density at radius 2 is 1.91 bits per heavy atom. The van der Waals surface area contributed by atoms with Crippen molar-refractivity contribution in [1.82, 2.24) is 10.2 Å². The predicted octanol–water partition coefficient (Wildman–Crippen LogP) is 2.34. The third-order valence-electron chi connectivity index (χ3n) is 3.66. The second-order valence-corrected chi connectivity index (χ2v) is 8.34. The number of hydrogen-bond donors (Lipinski definition) is 2. The highest BCUT2D eigenvalue weighted by Gasteiger charge is 2.27. The maximum atomic E-state index is 12.0. The van der Waals surface area contributed by atoms with Gasteiger partial charge in [0.2, 0.25) is 0 Å². The number of nitrogens with one attached hydrogen (secondary N) is 1. The van der Waals surface area contributed by atoms with Gasteiger partial charge in [-0.2, -0.15) is 11.8 Å². The zero-order chi connectivity index (χ0) is 16.8. The average molecular weight is 333 g/mol. The van der Waals surface area contributed by atoms with E-state index < -0.39 is 11.2 Å². The van der Waals surface area contributed by atoms with Gasteiger partial charge < -0.3 is 20.1 Å². The number of thioether (sulfide) groups is 1. The number of rotatable bonds is 6. The number of ether oxygens (including phenoxy) is 1. The molecule has 0 aromatic rings. The molecule has 0 bridgehead atoms. The van der Waals surface area contributed by atoms with E-state index in [9.17, 15) is 9.90 Å². The van der Waals surface area contributed by atoms with E-state index >= 15 is 0 Å². The molecular weight excluding hydrogens is 300 g/mol. The summed E-state index contributed by atoms with van der Waals surface area (Å²) in [5.74, 6) is 1.29. The summed E-state index contributed by atoms with van der Waals surface area (Å²) in [6, 6.07) is 0. The van der Waals surface area contributed by atoms with Crippen LogP contribution in [0.5, 0.6) is 0 Å². The van der Waals surface area contributed by atoms with Gasteiger partial charge in [0.15, 0.2) is 0 Å². The van der Waals surface area contributed by atoms with Gasteiger partial charge in [-0.3, -0.25) is 0 Å². The highest BCUT2D eigenvalue weighted by molar-refractivity contribution is 7.98. The van der Waals surface area contributed by atoms with Crippen molar-refractivity contribution < 1.29 is 14.6 Å². The lowest BCUT2D eigenvalue weighted by atomic mass is 9.96. The minimum atomic E-state index is -0.656. The molecule has 0 saturated carbocycles. The van der Waals surface area contributed by atoms with Gasteiger partial charge in [0.25, 0.3) is 0 Å². The Bertz CT molecular complexity index is 348. The zero-order valence-electron chi connectivity index (χ0n) is 14.6. The number of piperidine rings is 1. The fourth-order valence-corrected chi connectivity index (χ4v) is 3.28. The normalized spacial score (nSPS) is 19.8. The van der Waals surface area contributed by atoms with Gasteiger partial charge in [0, 0.05) is 25.4 Å². The van der Waals surface area contributed by atoms with E-state index in [1.165, 1.54) is 0 Å². The predicted molar refractivity (Wildman–Crippen MR) is 92.4 cm³/mol. The molecule has 130 valence electrons. The van der Waals surface area contributed by atoms with Gasteiger partial charge in [-0.15, -0.1) is 0 Å². The fraction of sp³-hybridized carbons (Fsp3) is 0.938. The minimum Gasteiger partial charge on any atom is -0.444 e. The number of aliphatic hydroxyl groups is 1. The Hall–Kier alpha value is -0.460. The molecule has 1 heterocycles. The van der Waals surface area contributed by atoms with Crippen molar-refractivity contribution in [3.05, 3.63) is 0 Å². The SMILES string of the molecule is CSCC(C)(O)CNCC1CCN(C(=O)OC(C)(C)C)CC1. The van der Waals surface area contributed by atoms with Crippen molar-refractivity contribution in [2.24, 2.45) is 5.92 Å². The minimum absolute atomic E-state index is 0.207. The molecule has 1 fully saturated rings. The molecule has 0 aromatic carbocycles. The fourth-order valence-electron chi connectivity index (χ4n) is 2.55. The Morgan fingerprint density at radius 3 is 2.41 bits per heavy atom. The molecule has 1 atom stereocenters. The van der Waals surface area contributed by atoms with Crippen LogP contribution in [0.25, 0.3) is 0 Å². The maximum Gasteiger partial charge on any atom is 0.410 e. The van der Waals surface area contributed by atoms with E-state index in [2.05, 4.69) is 5.32 Å². The summed E-state index contributed by atoms with van der Waals surface area (Å²) in [5, 5.41) is 13.5. The van der Waals surface area contributed by atoms with Crippen LogP contribution < -0.4 is 5.32 Å². The van der Waals surface area contributed by atoms with Crippen molar-refractivity contribution in [3.63, 3.8) is 0 Å². The Kier molecular flexibility index (Phi) is 7.49. The van der Waals surface area contributed by atoms with Gasteiger partial charge in [-0.05, 0) is 59.3 Å². The van der Waals surface area contributed by atoms with Crippen molar-refractivity contribution in [2.45, 2.75) is 51.7 Å². The highest BCUT2D eigenvalue weighted by Crippen LogP contribution is 2.19. The second-order valence-electron chi connectivity index (χ2n) is 7.47. The van der Waals surface area contributed by atoms with Crippen LogP contribution in [0.1, 0.15) is 40.5 Å². The number of nitrogens with zero attached hydrogens (tertiary/aromatic N) is 1. The molecular formula is C16H32N2O3S. The molecule has 1 saturated heterocycles. The van der Waals surface area contributed by atoms with Gasteiger partial charge in [0.05, 0.1) is 5.60 Å². The van der Waals surface area contributed by atoms with E-state index in [-0.39, 0.29) is 6.09 Å². The van der Waals surface area contributed by atoms with Crippen molar-refractivity contribution >= 4 is 17.9 Å². The molecule has 0 radical (unpaired) electrons. The monoisotopic (exact) mass is 332 g/mol. The van der Waals surface area contributed by atoms with Gasteiger partial charge in [0.1, 0.15) is 5.60 Å². The largest absolute Gasteiger partial charge is 0.444 e. The lowest BCUT2D eigenvalue weighted by molar-refractivity contribution is 0.0182. The van der Waals surface area contributed by atoms with Crippen molar-refractivity contribution in [1.29, 1.82) is 0 Å². The standard InChI is InChI=1S/C16H32N2O3S/c1-15(2,3)21-14(19)18-8-6-13(7-9-18)10-17-11-16(4,20)12-22-5/h13,17,20H,6-12H2,1-5H3. The topological polar surface area (TPSA) is 61.8 Å². The third kappa shape index (κ3) is 7.70. The summed E-state index contributed by atoms with van der Waals surface area (Å²) in [6.45, 7) is 10.5. The molecule has 0 spiro atoms. The zero-order valence-corrected chi connectivity index (χ0v) is 15.5. The van der Waals surface area contributed by atoms with Crippen LogP contribution >= 0.6 is 11.8 Å². The van der Waals surface area contributed by atoms with E-state index in [4.69, 9.17) is 4.74 Å². The molecule has 0 aliphatic carbocycles. The van der Waals surface area contributed by atoms with Crippen LogP contribution in [0.2, 0.25) is 0 Å². The number of carbonyl (C=O) groups excluding carboxylic acids is 1. The lowest BCUT2D eigenvalue weighted by Crippen LogP contribution is -2.45. The lowest BCUT2D eigenvalue weighted by Gasteiger charge is -2.34. The molecule has 1 amide bonds. The number of amides is 1. The quantitative estimate of drug-likeness (QED) is 0.782. The first-order valence-electron chi connectivity index (χ1n) is 8.03. The van der Waals surface area contributed by atoms with E-state index in [1.807, 2.05) is 34.0 Å². The molecule has 1 aliphatic rings. The van der Waals surface area contributed by atoms with Crippen molar-refractivity contribution in [3.8, 4) is 0 Å². The number of hydrogen-bond acceptors (Lipinski definition) is 5. The van der Waals surface area contributed by atoms with Crippen LogP contribution in [0, 0.1) is 5.92 Å². The summed E-state index contributed by atoms with van der Waals surface area (Å²) in [7, 11) is 0. The van der Waals surface area contributed by atoms with Crippen LogP contribution in [0.3, 0.4) is 0 Å². The van der Waals surface area contributed by atoms with Crippen LogP contribution in [0.15, 0.2) is 0 Å². The second kappa shape index (κ2) is 8.41. The molecule has 6 heteroatoms. The summed E-state index contributed by atoms with van der Waals surface area (Å²) in [4.78, 5) is 13.8. The first-order chi connectivity index (χ1) is 10.1. The number of carbonyl (C=O) groups is 1. The van der Waals surface area contributed by atoms with Gasteiger partial charge in [-0.25, -0.2) is 4.79 Å². The molecule has 0 aromatic heterocycles. The highest BCUT2D eigenvalue weighted by atomic mass is 32.2. The average Bonchev–Trinajstić information content (AvgIpc) is 2.37. The smallest absolute Gasteiger partial charge is 0.410 e. The summed E-state index contributed by atoms with van der Waals surface area (Å²) in [5.41, 5.74) is -1.09. The molecule has 2 N–H and O–H groups in total. The first-order valence-corrected chi connectivity index (χ1v) is 9.42. The summed E-state index contributed by atoms with van der Waals surface area (Å²) < 4.78 is 5.40. The van der Waals surface area contributed by atoms with Crippen LogP contribution in [0.4, 0.5) is 4.79 Å². The maximum absolute atomic E-state index is 12.0. The molecule has 1 unspecified atom stereocenters. The Labute approximate surface area is 139 Å². The van der Waals surface area contributed by atoms with Crippen LogP contribution in [-0.2, 0) is 4.74 Å². The first kappa shape index (κ1) is 19.6. The van der Waals surface area contributed by atoms with E-state index in [0.717, 1.165) is 38.2 Å². The molecule has 1 rings (SSSR count). The third-order valence-corrected chi connectivity index (χ3v) is 4.57. The molecule has 1 aliphatic heterocycles. The number of likely N-dealkylation sites (tertiary alicyclic amines) is 1. The van der Waals surface area contributed by atoms with E-state index in [0.29, 0.717) is 12.5 Å². The van der Waals surface area contributed by atoms with Gasteiger partial charge in [-0.1, -0.05) is 0 Å². The van der Waals surface area contributed by atoms with Gasteiger partial charge >= 0.3 is 6.09 Å². The Balaban J connectivity index is 2.24. The van der Waals surface area contributed by atoms with Crippen molar-refractivity contribution in [2.75, 3.05) is 38.2 Å². The molecule has 5 nitrogen and oxygen atoms in total. The van der Waals surface area contributed by atoms with E-state index in [1.54, 1.807) is 16.7 Å². The summed E-state index contributed by atoms with van der Waals surface area (Å²) in [6.07, 6.45) is 3.76.